The lowest BCUT2D eigenvalue weighted by Crippen LogP contribution is -2.04. The first-order chi connectivity index (χ1) is 11.4. The summed E-state index contributed by atoms with van der Waals surface area (Å²) < 4.78 is 0. The van der Waals surface area contributed by atoms with E-state index in [1.807, 2.05) is 12.3 Å². The van der Waals surface area contributed by atoms with Crippen LogP contribution in [0.4, 0.5) is 0 Å². The monoisotopic (exact) mass is 295 g/mol. The van der Waals surface area contributed by atoms with Crippen molar-refractivity contribution in [3.63, 3.8) is 0 Å². The summed E-state index contributed by atoms with van der Waals surface area (Å²) >= 11 is 0. The van der Waals surface area contributed by atoms with Crippen LogP contribution >= 0.6 is 0 Å². The Morgan fingerprint density at radius 1 is 0.565 bits per heavy atom. The molecule has 0 unspecified atom stereocenters. The standard InChI is InChI=1S/C22H17N/c1-3-9-17(10-4-1)22(18-11-5-2-6-12-18)20-15-16-23-21-14-8-7-13-19(20)21/h1-16,22H. The number of rotatable bonds is 3. The molecule has 0 N–H and O–H groups in total. The predicted octanol–water partition coefficient (Wildman–Crippen LogP) is 5.42. The van der Waals surface area contributed by atoms with Gasteiger partial charge in [0.15, 0.2) is 0 Å². The summed E-state index contributed by atoms with van der Waals surface area (Å²) in [5, 5.41) is 1.22. The molecule has 3 aromatic carbocycles. The summed E-state index contributed by atoms with van der Waals surface area (Å²) in [5.41, 5.74) is 4.94. The summed E-state index contributed by atoms with van der Waals surface area (Å²) in [5.74, 6) is 0.213. The topological polar surface area (TPSA) is 12.9 Å². The zero-order valence-corrected chi connectivity index (χ0v) is 12.8. The highest BCUT2D eigenvalue weighted by Gasteiger charge is 2.18. The molecule has 1 nitrogen and oxygen atoms in total. The molecule has 0 saturated carbocycles. The summed E-state index contributed by atoms with van der Waals surface area (Å²) in [6, 6.07) is 31.9. The van der Waals surface area contributed by atoms with E-state index in [4.69, 9.17) is 0 Å². The maximum absolute atomic E-state index is 4.51. The van der Waals surface area contributed by atoms with Crippen molar-refractivity contribution in [3.05, 3.63) is 114 Å². The molecule has 0 bridgehead atoms. The number of aromatic nitrogens is 1. The summed E-state index contributed by atoms with van der Waals surface area (Å²) in [4.78, 5) is 4.51. The fourth-order valence-electron chi connectivity index (χ4n) is 3.21. The normalized spacial score (nSPS) is 11.0. The van der Waals surface area contributed by atoms with Gasteiger partial charge in [-0.05, 0) is 28.8 Å². The predicted molar refractivity (Wildman–Crippen MR) is 95.6 cm³/mol. The van der Waals surface area contributed by atoms with Gasteiger partial charge in [0.05, 0.1) is 5.52 Å². The first-order valence-corrected chi connectivity index (χ1v) is 7.87. The Balaban J connectivity index is 1.98. The zero-order chi connectivity index (χ0) is 15.5. The van der Waals surface area contributed by atoms with Gasteiger partial charge in [-0.2, -0.15) is 0 Å². The quantitative estimate of drug-likeness (QED) is 0.492. The van der Waals surface area contributed by atoms with E-state index in [1.165, 1.54) is 22.1 Å². The van der Waals surface area contributed by atoms with Gasteiger partial charge in [0.25, 0.3) is 0 Å². The van der Waals surface area contributed by atoms with E-state index in [0.29, 0.717) is 0 Å². The number of nitrogens with zero attached hydrogens (tertiary/aromatic N) is 1. The molecule has 1 heterocycles. The van der Waals surface area contributed by atoms with Crippen LogP contribution in [0.2, 0.25) is 0 Å². The molecule has 1 aromatic heterocycles. The van der Waals surface area contributed by atoms with Crippen LogP contribution in [-0.4, -0.2) is 4.98 Å². The lowest BCUT2D eigenvalue weighted by Gasteiger charge is -2.20. The van der Waals surface area contributed by atoms with Crippen molar-refractivity contribution in [2.45, 2.75) is 5.92 Å². The Morgan fingerprint density at radius 3 is 1.78 bits per heavy atom. The molecule has 0 spiro atoms. The van der Waals surface area contributed by atoms with Crippen LogP contribution in [0.15, 0.2) is 97.2 Å². The summed E-state index contributed by atoms with van der Waals surface area (Å²) in [7, 11) is 0. The molecule has 0 radical (unpaired) electrons. The van der Waals surface area contributed by atoms with E-state index >= 15 is 0 Å². The van der Waals surface area contributed by atoms with E-state index in [9.17, 15) is 0 Å². The molecule has 0 aliphatic rings. The molecule has 4 rings (SSSR count). The average molecular weight is 295 g/mol. The molecule has 4 aromatic rings. The van der Waals surface area contributed by atoms with Crippen LogP contribution in [0.3, 0.4) is 0 Å². The van der Waals surface area contributed by atoms with Gasteiger partial charge in [0, 0.05) is 17.5 Å². The number of hydrogen-bond donors (Lipinski definition) is 0. The molecular formula is C22H17N. The van der Waals surface area contributed by atoms with Gasteiger partial charge >= 0.3 is 0 Å². The number of para-hydroxylation sites is 1. The van der Waals surface area contributed by atoms with Crippen molar-refractivity contribution in [2.24, 2.45) is 0 Å². The van der Waals surface area contributed by atoms with Crippen molar-refractivity contribution in [1.82, 2.24) is 4.98 Å². The van der Waals surface area contributed by atoms with Crippen LogP contribution in [0.25, 0.3) is 10.9 Å². The highest BCUT2D eigenvalue weighted by Crippen LogP contribution is 2.35. The lowest BCUT2D eigenvalue weighted by atomic mass is 9.84. The van der Waals surface area contributed by atoms with Gasteiger partial charge in [0.2, 0.25) is 0 Å². The third-order valence-corrected chi connectivity index (χ3v) is 4.26. The summed E-state index contributed by atoms with van der Waals surface area (Å²) in [6.45, 7) is 0. The molecule has 0 aliphatic carbocycles. The SMILES string of the molecule is c1ccc(C(c2ccccc2)c2ccnc3ccccc23)cc1. The minimum atomic E-state index is 0.213. The van der Waals surface area contributed by atoms with Gasteiger partial charge in [-0.15, -0.1) is 0 Å². The van der Waals surface area contributed by atoms with Crippen LogP contribution in [0.5, 0.6) is 0 Å². The molecule has 1 heteroatoms. The van der Waals surface area contributed by atoms with Gasteiger partial charge < -0.3 is 0 Å². The van der Waals surface area contributed by atoms with Crippen molar-refractivity contribution in [3.8, 4) is 0 Å². The van der Waals surface area contributed by atoms with Gasteiger partial charge in [-0.1, -0.05) is 78.9 Å². The van der Waals surface area contributed by atoms with Gasteiger partial charge in [0.1, 0.15) is 0 Å². The maximum Gasteiger partial charge on any atom is 0.0705 e. The Hall–Kier alpha value is -2.93. The van der Waals surface area contributed by atoms with Crippen molar-refractivity contribution in [2.75, 3.05) is 0 Å². The van der Waals surface area contributed by atoms with E-state index in [0.717, 1.165) is 5.52 Å². The van der Waals surface area contributed by atoms with E-state index < -0.39 is 0 Å². The maximum atomic E-state index is 4.51. The third-order valence-electron chi connectivity index (χ3n) is 4.26. The Bertz CT molecular complexity index is 869. The first-order valence-electron chi connectivity index (χ1n) is 7.87. The fourth-order valence-corrected chi connectivity index (χ4v) is 3.21. The molecule has 110 valence electrons. The number of fused-ring (bicyclic) bond motifs is 1. The van der Waals surface area contributed by atoms with Gasteiger partial charge in [-0.25, -0.2) is 0 Å². The molecule has 0 fully saturated rings. The molecule has 0 atom stereocenters. The highest BCUT2D eigenvalue weighted by molar-refractivity contribution is 5.83. The molecule has 0 saturated heterocycles. The highest BCUT2D eigenvalue weighted by atomic mass is 14.6. The lowest BCUT2D eigenvalue weighted by molar-refractivity contribution is 0.985. The second-order valence-corrected chi connectivity index (χ2v) is 5.67. The largest absolute Gasteiger partial charge is 0.256 e. The van der Waals surface area contributed by atoms with Crippen molar-refractivity contribution < 1.29 is 0 Å². The molecule has 23 heavy (non-hydrogen) atoms. The number of pyridine rings is 1. The number of benzene rings is 3. The Morgan fingerprint density at radius 2 is 1.13 bits per heavy atom. The van der Waals surface area contributed by atoms with E-state index in [1.54, 1.807) is 0 Å². The minimum absolute atomic E-state index is 0.213. The van der Waals surface area contributed by atoms with Crippen molar-refractivity contribution >= 4 is 10.9 Å². The Labute approximate surface area is 136 Å². The van der Waals surface area contributed by atoms with E-state index in [2.05, 4.69) is 89.9 Å². The van der Waals surface area contributed by atoms with Gasteiger partial charge in [-0.3, -0.25) is 4.98 Å². The van der Waals surface area contributed by atoms with E-state index in [-0.39, 0.29) is 5.92 Å². The molecular weight excluding hydrogens is 278 g/mol. The zero-order valence-electron chi connectivity index (χ0n) is 12.8. The summed E-state index contributed by atoms with van der Waals surface area (Å²) in [6.07, 6.45) is 1.91. The molecule has 0 amide bonds. The second-order valence-electron chi connectivity index (χ2n) is 5.67. The van der Waals surface area contributed by atoms with Crippen molar-refractivity contribution in [1.29, 1.82) is 0 Å². The average Bonchev–Trinajstić information content (AvgIpc) is 2.64. The fraction of sp³-hybridized carbons (Fsp3) is 0.0455. The smallest absolute Gasteiger partial charge is 0.0705 e. The van der Waals surface area contributed by atoms with Crippen LogP contribution in [0.1, 0.15) is 22.6 Å². The third kappa shape index (κ3) is 2.62. The van der Waals surface area contributed by atoms with Crippen LogP contribution < -0.4 is 0 Å². The minimum Gasteiger partial charge on any atom is -0.256 e. The molecule has 0 aliphatic heterocycles. The Kier molecular flexibility index (Phi) is 3.61. The van der Waals surface area contributed by atoms with Crippen LogP contribution in [0, 0.1) is 0 Å². The first kappa shape index (κ1) is 13.7. The van der Waals surface area contributed by atoms with Crippen LogP contribution in [-0.2, 0) is 0 Å². The number of hydrogen-bond acceptors (Lipinski definition) is 1. The second kappa shape index (κ2) is 6.05.